The van der Waals surface area contributed by atoms with Crippen LogP contribution in [0.1, 0.15) is 25.0 Å². The molecule has 1 atom stereocenters. The Bertz CT molecular complexity index is 568. The van der Waals surface area contributed by atoms with Gasteiger partial charge in [-0.2, -0.15) is 0 Å². The Morgan fingerprint density at radius 3 is 2.80 bits per heavy atom. The molecule has 0 unspecified atom stereocenters. The number of piperidine rings is 1. The lowest BCUT2D eigenvalue weighted by Crippen LogP contribution is -2.43. The first-order valence-corrected chi connectivity index (χ1v) is 9.33. The van der Waals surface area contributed by atoms with E-state index in [1.165, 1.54) is 0 Å². The number of ether oxygens (including phenoxy) is 1. The molecule has 0 aliphatic carbocycles. The molecule has 3 rings (SSSR count). The normalized spacial score (nSPS) is 23.0. The van der Waals surface area contributed by atoms with Crippen LogP contribution in [-0.2, 0) is 16.1 Å². The summed E-state index contributed by atoms with van der Waals surface area (Å²) in [5.74, 6) is 0.929. The highest BCUT2D eigenvalue weighted by molar-refractivity contribution is 5.80. The summed E-state index contributed by atoms with van der Waals surface area (Å²) in [5, 5.41) is 0. The highest BCUT2D eigenvalue weighted by Crippen LogP contribution is 2.31. The number of nitrogens with zero attached hydrogens (tertiary/aromatic N) is 3. The van der Waals surface area contributed by atoms with Crippen LogP contribution >= 0.6 is 0 Å². The van der Waals surface area contributed by atoms with Crippen LogP contribution < -0.4 is 0 Å². The smallest absolute Gasteiger partial charge is 0.226 e. The van der Waals surface area contributed by atoms with Crippen molar-refractivity contribution in [3.05, 3.63) is 42.2 Å². The van der Waals surface area contributed by atoms with E-state index >= 15 is 0 Å². The average molecular weight is 343 g/mol. The van der Waals surface area contributed by atoms with Gasteiger partial charge >= 0.3 is 0 Å². The van der Waals surface area contributed by atoms with Crippen LogP contribution in [0, 0.1) is 11.8 Å². The van der Waals surface area contributed by atoms with Gasteiger partial charge in [0.1, 0.15) is 0 Å². The number of hydrogen-bond acceptors (Lipinski definition) is 4. The fraction of sp³-hybridized carbons (Fsp3) is 0.600. The predicted octanol–water partition coefficient (Wildman–Crippen LogP) is 2.34. The zero-order valence-electron chi connectivity index (χ0n) is 15.1. The van der Waals surface area contributed by atoms with Crippen LogP contribution in [0.25, 0.3) is 0 Å². The van der Waals surface area contributed by atoms with E-state index in [0.29, 0.717) is 25.0 Å². The number of pyridine rings is 1. The number of allylic oxidation sites excluding steroid dienone is 1. The number of hydrogen-bond donors (Lipinski definition) is 0. The molecule has 25 heavy (non-hydrogen) atoms. The number of rotatable bonds is 6. The van der Waals surface area contributed by atoms with E-state index in [2.05, 4.69) is 28.1 Å². The molecule has 1 fully saturated rings. The number of amides is 1. The molecule has 5 nitrogen and oxygen atoms in total. The highest BCUT2D eigenvalue weighted by Gasteiger charge is 2.33. The first kappa shape index (κ1) is 18.1. The minimum atomic E-state index is 0.132. The average Bonchev–Trinajstić information content (AvgIpc) is 2.83. The minimum Gasteiger partial charge on any atom is -0.383 e. The van der Waals surface area contributed by atoms with E-state index < -0.39 is 0 Å². The minimum absolute atomic E-state index is 0.132. The number of carbonyl (C=O) groups is 1. The Balaban J connectivity index is 1.54. The molecule has 0 saturated carbocycles. The van der Waals surface area contributed by atoms with Crippen LogP contribution in [0.15, 0.2) is 36.5 Å². The van der Waals surface area contributed by atoms with Gasteiger partial charge in [-0.1, -0.05) is 18.2 Å². The Morgan fingerprint density at radius 1 is 1.24 bits per heavy atom. The number of likely N-dealkylation sites (tertiary alicyclic amines) is 1. The van der Waals surface area contributed by atoms with Crippen molar-refractivity contribution in [2.45, 2.75) is 25.8 Å². The van der Waals surface area contributed by atoms with Crippen molar-refractivity contribution in [3.8, 4) is 0 Å². The molecule has 0 bridgehead atoms. The van der Waals surface area contributed by atoms with Gasteiger partial charge in [0, 0.05) is 38.9 Å². The van der Waals surface area contributed by atoms with Gasteiger partial charge in [-0.05, 0) is 50.4 Å². The Labute approximate surface area is 150 Å². The van der Waals surface area contributed by atoms with Gasteiger partial charge in [-0.15, -0.1) is 0 Å². The molecule has 1 aromatic heterocycles. The predicted molar refractivity (Wildman–Crippen MR) is 97.9 cm³/mol. The van der Waals surface area contributed by atoms with Crippen molar-refractivity contribution in [1.82, 2.24) is 14.8 Å². The third-order valence-electron chi connectivity index (χ3n) is 5.39. The molecule has 5 heteroatoms. The molecule has 1 amide bonds. The summed E-state index contributed by atoms with van der Waals surface area (Å²) in [6.07, 6.45) is 9.24. The first-order chi connectivity index (χ1) is 12.3. The molecular formula is C20H29N3O2. The molecule has 0 N–H and O–H groups in total. The lowest BCUT2D eigenvalue weighted by molar-refractivity contribution is -0.137. The van der Waals surface area contributed by atoms with E-state index in [0.717, 1.165) is 51.1 Å². The zero-order valence-corrected chi connectivity index (χ0v) is 15.1. The van der Waals surface area contributed by atoms with Gasteiger partial charge in [-0.25, -0.2) is 0 Å². The molecule has 2 aliphatic rings. The maximum absolute atomic E-state index is 12.9. The fourth-order valence-electron chi connectivity index (χ4n) is 3.90. The lowest BCUT2D eigenvalue weighted by Gasteiger charge is -2.36. The Kier molecular flexibility index (Phi) is 6.59. The van der Waals surface area contributed by atoms with Crippen LogP contribution in [0.5, 0.6) is 0 Å². The summed E-state index contributed by atoms with van der Waals surface area (Å²) in [7, 11) is 1.69. The van der Waals surface area contributed by atoms with Crippen LogP contribution in [0.3, 0.4) is 0 Å². The summed E-state index contributed by atoms with van der Waals surface area (Å²) < 4.78 is 5.15. The second kappa shape index (κ2) is 9.11. The topological polar surface area (TPSA) is 45.7 Å². The number of methoxy groups -OCH3 is 1. The van der Waals surface area contributed by atoms with Gasteiger partial charge in [0.25, 0.3) is 0 Å². The molecule has 1 saturated heterocycles. The second-order valence-corrected chi connectivity index (χ2v) is 7.03. The van der Waals surface area contributed by atoms with Crippen molar-refractivity contribution in [3.63, 3.8) is 0 Å². The molecule has 0 aromatic carbocycles. The molecule has 136 valence electrons. The van der Waals surface area contributed by atoms with Gasteiger partial charge in [0.15, 0.2) is 0 Å². The van der Waals surface area contributed by atoms with E-state index in [9.17, 15) is 4.79 Å². The van der Waals surface area contributed by atoms with E-state index in [1.807, 2.05) is 23.2 Å². The van der Waals surface area contributed by atoms with E-state index in [1.54, 1.807) is 7.11 Å². The zero-order chi connectivity index (χ0) is 17.5. The largest absolute Gasteiger partial charge is 0.383 e. The summed E-state index contributed by atoms with van der Waals surface area (Å²) in [4.78, 5) is 21.8. The third-order valence-corrected chi connectivity index (χ3v) is 5.39. The third kappa shape index (κ3) is 4.89. The second-order valence-electron chi connectivity index (χ2n) is 7.03. The standard InChI is InChI=1S/C20H29N3O2/c1-25-15-14-23-11-5-3-7-19(20(23)24)17-8-12-22(13-9-17)16-18-6-2-4-10-21-18/h2-6,10,17,19H,7-9,11-16H2,1H3/t19-/m0/s1. The molecular weight excluding hydrogens is 314 g/mol. The summed E-state index contributed by atoms with van der Waals surface area (Å²) >= 11 is 0. The van der Waals surface area contributed by atoms with Gasteiger partial charge in [-0.3, -0.25) is 14.7 Å². The van der Waals surface area contributed by atoms with Crippen molar-refractivity contribution >= 4 is 5.91 Å². The Hall–Kier alpha value is -1.72. The van der Waals surface area contributed by atoms with Crippen molar-refractivity contribution < 1.29 is 9.53 Å². The fourth-order valence-corrected chi connectivity index (χ4v) is 3.90. The molecule has 3 heterocycles. The van der Waals surface area contributed by atoms with Crippen molar-refractivity contribution in [2.75, 3.05) is 39.9 Å². The monoisotopic (exact) mass is 343 g/mol. The van der Waals surface area contributed by atoms with Gasteiger partial charge < -0.3 is 9.64 Å². The lowest BCUT2D eigenvalue weighted by atomic mass is 9.81. The van der Waals surface area contributed by atoms with Gasteiger partial charge in [0.05, 0.1) is 12.3 Å². The van der Waals surface area contributed by atoms with Crippen LogP contribution in [-0.4, -0.2) is 60.6 Å². The van der Waals surface area contributed by atoms with Gasteiger partial charge in [0.2, 0.25) is 5.91 Å². The Morgan fingerprint density at radius 2 is 2.08 bits per heavy atom. The van der Waals surface area contributed by atoms with Crippen LogP contribution in [0.2, 0.25) is 0 Å². The van der Waals surface area contributed by atoms with Crippen LogP contribution in [0.4, 0.5) is 0 Å². The number of carbonyl (C=O) groups excluding carboxylic acids is 1. The SMILES string of the molecule is COCCN1CC=CC[C@@H](C2CCN(Cc3ccccn3)CC2)C1=O. The molecule has 0 spiro atoms. The highest BCUT2D eigenvalue weighted by atomic mass is 16.5. The quantitative estimate of drug-likeness (QED) is 0.744. The molecule has 0 radical (unpaired) electrons. The molecule has 1 aromatic rings. The summed E-state index contributed by atoms with van der Waals surface area (Å²) in [6, 6.07) is 6.08. The molecule has 2 aliphatic heterocycles. The summed E-state index contributed by atoms with van der Waals surface area (Å²) in [5.41, 5.74) is 1.13. The maximum atomic E-state index is 12.9. The number of aromatic nitrogens is 1. The van der Waals surface area contributed by atoms with E-state index in [4.69, 9.17) is 4.74 Å². The van der Waals surface area contributed by atoms with Crippen molar-refractivity contribution in [1.29, 1.82) is 0 Å². The van der Waals surface area contributed by atoms with E-state index in [-0.39, 0.29) is 5.92 Å². The summed E-state index contributed by atoms with van der Waals surface area (Å²) in [6.45, 7) is 5.02. The first-order valence-electron chi connectivity index (χ1n) is 9.33. The maximum Gasteiger partial charge on any atom is 0.226 e. The van der Waals surface area contributed by atoms with Crippen molar-refractivity contribution in [2.24, 2.45) is 11.8 Å².